The molecule has 1 aliphatic rings. The van der Waals surface area contributed by atoms with Crippen molar-refractivity contribution in [3.8, 4) is 0 Å². The number of sulfone groups is 1. The third-order valence-corrected chi connectivity index (χ3v) is 6.09. The summed E-state index contributed by atoms with van der Waals surface area (Å²) < 4.78 is 24.0. The number of rotatable bonds is 4. The average Bonchev–Trinajstić information content (AvgIpc) is 2.72. The van der Waals surface area contributed by atoms with Crippen LogP contribution >= 0.6 is 15.9 Å². The van der Waals surface area contributed by atoms with Crippen LogP contribution < -0.4 is 5.73 Å². The van der Waals surface area contributed by atoms with Gasteiger partial charge in [-0.1, -0.05) is 28.1 Å². The molecular weight excluding hydrogens is 328 g/mol. The number of hydrogen-bond donors (Lipinski definition) is 1. The summed E-state index contributed by atoms with van der Waals surface area (Å²) in [6.07, 6.45) is 0.733. The third kappa shape index (κ3) is 3.78. The lowest BCUT2D eigenvalue weighted by Gasteiger charge is -2.23. The van der Waals surface area contributed by atoms with Gasteiger partial charge in [0.05, 0.1) is 11.5 Å². The first-order valence-corrected chi connectivity index (χ1v) is 8.91. The lowest BCUT2D eigenvalue weighted by atomic mass is 10.1. The highest BCUT2D eigenvalue weighted by Crippen LogP contribution is 2.23. The molecule has 19 heavy (non-hydrogen) atoms. The first-order chi connectivity index (χ1) is 8.91. The lowest BCUT2D eigenvalue weighted by Crippen LogP contribution is -2.32. The van der Waals surface area contributed by atoms with Gasteiger partial charge in [-0.15, -0.1) is 0 Å². The van der Waals surface area contributed by atoms with Gasteiger partial charge < -0.3 is 5.73 Å². The van der Waals surface area contributed by atoms with Gasteiger partial charge in [-0.2, -0.15) is 0 Å². The molecule has 0 radical (unpaired) electrons. The summed E-state index contributed by atoms with van der Waals surface area (Å²) in [4.78, 5) is 2.12. The van der Waals surface area contributed by atoms with Crippen LogP contribution in [-0.2, 0) is 22.9 Å². The fourth-order valence-corrected chi connectivity index (χ4v) is 4.72. The van der Waals surface area contributed by atoms with Crippen LogP contribution in [0.5, 0.6) is 0 Å². The first-order valence-electron chi connectivity index (χ1n) is 6.29. The maximum atomic E-state index is 11.5. The Morgan fingerprint density at radius 2 is 2.21 bits per heavy atom. The van der Waals surface area contributed by atoms with Crippen molar-refractivity contribution >= 4 is 25.8 Å². The maximum absolute atomic E-state index is 11.5. The van der Waals surface area contributed by atoms with Crippen molar-refractivity contribution in [2.45, 2.75) is 25.6 Å². The molecule has 0 amide bonds. The molecule has 0 aromatic heterocycles. The van der Waals surface area contributed by atoms with Crippen molar-refractivity contribution in [1.82, 2.24) is 4.90 Å². The van der Waals surface area contributed by atoms with Gasteiger partial charge in [0.2, 0.25) is 0 Å². The van der Waals surface area contributed by atoms with Crippen LogP contribution in [0.4, 0.5) is 0 Å². The molecular formula is C13H19BrN2O2S. The summed E-state index contributed by atoms with van der Waals surface area (Å²) in [7, 11) is -0.843. The standard InChI is InChI=1S/C13H19BrN2O2S/c1-16(12-4-5-19(17,18)9-12)8-11-3-2-10(7-15)6-13(11)14/h2-3,6,12H,4-5,7-9,15H2,1H3. The summed E-state index contributed by atoms with van der Waals surface area (Å²) in [5.74, 6) is 0.595. The number of halogens is 1. The first kappa shape index (κ1) is 15.0. The predicted molar refractivity (Wildman–Crippen MR) is 80.6 cm³/mol. The van der Waals surface area contributed by atoms with E-state index in [9.17, 15) is 8.42 Å². The normalized spacial score (nSPS) is 22.0. The molecule has 2 rings (SSSR count). The second-order valence-electron chi connectivity index (χ2n) is 5.10. The summed E-state index contributed by atoms with van der Waals surface area (Å²) >= 11 is 3.55. The van der Waals surface area contributed by atoms with Gasteiger partial charge in [-0.25, -0.2) is 8.42 Å². The number of nitrogens with zero attached hydrogens (tertiary/aromatic N) is 1. The maximum Gasteiger partial charge on any atom is 0.151 e. The van der Waals surface area contributed by atoms with E-state index in [1.165, 1.54) is 0 Å². The highest BCUT2D eigenvalue weighted by Gasteiger charge is 2.30. The van der Waals surface area contributed by atoms with Gasteiger partial charge in [-0.05, 0) is 30.7 Å². The summed E-state index contributed by atoms with van der Waals surface area (Å²) in [6, 6.07) is 6.21. The molecule has 0 spiro atoms. The van der Waals surface area contributed by atoms with Gasteiger partial charge >= 0.3 is 0 Å². The molecule has 6 heteroatoms. The van der Waals surface area contributed by atoms with Crippen LogP contribution in [0.3, 0.4) is 0 Å². The van der Waals surface area contributed by atoms with Crippen LogP contribution in [0.2, 0.25) is 0 Å². The van der Waals surface area contributed by atoms with Crippen molar-refractivity contribution in [2.24, 2.45) is 5.73 Å². The summed E-state index contributed by atoms with van der Waals surface area (Å²) in [6.45, 7) is 1.27. The third-order valence-electron chi connectivity index (χ3n) is 3.60. The van der Waals surface area contributed by atoms with E-state index in [1.54, 1.807) is 0 Å². The molecule has 1 aromatic rings. The van der Waals surface area contributed by atoms with E-state index < -0.39 is 9.84 Å². The molecule has 0 saturated carbocycles. The minimum Gasteiger partial charge on any atom is -0.326 e. The van der Waals surface area contributed by atoms with E-state index in [-0.39, 0.29) is 11.8 Å². The highest BCUT2D eigenvalue weighted by atomic mass is 79.9. The van der Waals surface area contributed by atoms with E-state index in [2.05, 4.69) is 20.8 Å². The number of nitrogens with two attached hydrogens (primary N) is 1. The van der Waals surface area contributed by atoms with E-state index in [4.69, 9.17) is 5.73 Å². The molecule has 1 heterocycles. The van der Waals surface area contributed by atoms with Crippen molar-refractivity contribution in [3.63, 3.8) is 0 Å². The van der Waals surface area contributed by atoms with Gasteiger partial charge in [0.1, 0.15) is 0 Å². The molecule has 0 aliphatic carbocycles. The molecule has 1 aromatic carbocycles. The SMILES string of the molecule is CN(Cc1ccc(CN)cc1Br)C1CCS(=O)(=O)C1. The lowest BCUT2D eigenvalue weighted by molar-refractivity contribution is 0.253. The van der Waals surface area contributed by atoms with Crippen molar-refractivity contribution in [1.29, 1.82) is 0 Å². The molecule has 1 atom stereocenters. The quantitative estimate of drug-likeness (QED) is 0.897. The van der Waals surface area contributed by atoms with Crippen molar-refractivity contribution < 1.29 is 8.42 Å². The zero-order chi connectivity index (χ0) is 14.0. The molecule has 0 bridgehead atoms. The van der Waals surface area contributed by atoms with Crippen LogP contribution in [0.15, 0.2) is 22.7 Å². The molecule has 1 unspecified atom stereocenters. The second kappa shape index (κ2) is 5.91. The fraction of sp³-hybridized carbons (Fsp3) is 0.538. The van der Waals surface area contributed by atoms with Crippen LogP contribution in [0, 0.1) is 0 Å². The van der Waals surface area contributed by atoms with Crippen LogP contribution in [0.25, 0.3) is 0 Å². The predicted octanol–water partition coefficient (Wildman–Crippen LogP) is 1.53. The highest BCUT2D eigenvalue weighted by molar-refractivity contribution is 9.10. The molecule has 4 nitrogen and oxygen atoms in total. The monoisotopic (exact) mass is 346 g/mol. The van der Waals surface area contributed by atoms with Crippen molar-refractivity contribution in [2.75, 3.05) is 18.6 Å². The molecule has 1 fully saturated rings. The smallest absolute Gasteiger partial charge is 0.151 e. The summed E-state index contributed by atoms with van der Waals surface area (Å²) in [5.41, 5.74) is 7.84. The minimum absolute atomic E-state index is 0.131. The second-order valence-corrected chi connectivity index (χ2v) is 8.18. The Morgan fingerprint density at radius 1 is 1.47 bits per heavy atom. The number of benzene rings is 1. The Labute approximate surface area is 123 Å². The fourth-order valence-electron chi connectivity index (χ4n) is 2.37. The van der Waals surface area contributed by atoms with E-state index in [0.717, 1.165) is 28.6 Å². The Hall–Kier alpha value is -0.430. The molecule has 1 saturated heterocycles. The Balaban J connectivity index is 2.05. The van der Waals surface area contributed by atoms with Crippen LogP contribution in [0.1, 0.15) is 17.5 Å². The zero-order valence-electron chi connectivity index (χ0n) is 11.0. The number of hydrogen-bond acceptors (Lipinski definition) is 4. The van der Waals surface area contributed by atoms with E-state index >= 15 is 0 Å². The molecule has 2 N–H and O–H groups in total. The molecule has 1 aliphatic heterocycles. The van der Waals surface area contributed by atoms with Gasteiger partial charge in [0.15, 0.2) is 9.84 Å². The summed E-state index contributed by atoms with van der Waals surface area (Å²) in [5, 5.41) is 0. The average molecular weight is 347 g/mol. The molecule has 106 valence electrons. The van der Waals surface area contributed by atoms with Crippen LogP contribution in [-0.4, -0.2) is 37.9 Å². The topological polar surface area (TPSA) is 63.4 Å². The van der Waals surface area contributed by atoms with Gasteiger partial charge in [0, 0.05) is 23.6 Å². The Bertz CT molecular complexity index is 560. The largest absolute Gasteiger partial charge is 0.326 e. The van der Waals surface area contributed by atoms with Gasteiger partial charge in [0.25, 0.3) is 0 Å². The van der Waals surface area contributed by atoms with E-state index in [0.29, 0.717) is 12.3 Å². The minimum atomic E-state index is -2.82. The zero-order valence-corrected chi connectivity index (χ0v) is 13.4. The van der Waals surface area contributed by atoms with Gasteiger partial charge in [-0.3, -0.25) is 4.90 Å². The van der Waals surface area contributed by atoms with E-state index in [1.807, 2.05) is 25.2 Å². The Morgan fingerprint density at radius 3 is 2.74 bits per heavy atom. The van der Waals surface area contributed by atoms with Crippen molar-refractivity contribution in [3.05, 3.63) is 33.8 Å². The Kier molecular flexibility index (Phi) is 4.66.